The molecule has 0 aliphatic heterocycles. The Kier molecular flexibility index (Phi) is 3.27. The van der Waals surface area contributed by atoms with Gasteiger partial charge in [0.15, 0.2) is 0 Å². The molecule has 76 valence electrons. The smallest absolute Gasteiger partial charge is 0.221 e. The standard InChI is InChI=1S/C7H14N2O3S/c8-13(11,12)4-3-7(10)9-5-6-1-2-6/h6H,1-5H2,(H,9,10)(H2,8,11,12). The number of carbonyl (C=O) groups is 1. The Balaban J connectivity index is 2.09. The number of nitrogens with one attached hydrogen (secondary N) is 1. The molecule has 0 spiro atoms. The predicted molar refractivity (Wildman–Crippen MR) is 48.3 cm³/mol. The van der Waals surface area contributed by atoms with Crippen molar-refractivity contribution in [3.8, 4) is 0 Å². The Morgan fingerprint density at radius 3 is 2.54 bits per heavy atom. The number of amides is 1. The van der Waals surface area contributed by atoms with E-state index in [2.05, 4.69) is 5.32 Å². The molecule has 3 N–H and O–H groups in total. The molecule has 1 aliphatic carbocycles. The van der Waals surface area contributed by atoms with Gasteiger partial charge in [0, 0.05) is 13.0 Å². The van der Waals surface area contributed by atoms with E-state index in [1.54, 1.807) is 0 Å². The Labute approximate surface area is 77.7 Å². The number of hydrogen-bond acceptors (Lipinski definition) is 3. The topological polar surface area (TPSA) is 89.3 Å². The largest absolute Gasteiger partial charge is 0.356 e. The minimum Gasteiger partial charge on any atom is -0.356 e. The van der Waals surface area contributed by atoms with Crippen molar-refractivity contribution in [3.63, 3.8) is 0 Å². The molecule has 0 aromatic carbocycles. The molecule has 5 nitrogen and oxygen atoms in total. The molecule has 0 unspecified atom stereocenters. The highest BCUT2D eigenvalue weighted by Gasteiger charge is 2.21. The zero-order valence-electron chi connectivity index (χ0n) is 7.32. The molecule has 0 heterocycles. The van der Waals surface area contributed by atoms with Crippen LogP contribution in [-0.4, -0.2) is 26.6 Å². The van der Waals surface area contributed by atoms with Crippen molar-refractivity contribution in [2.45, 2.75) is 19.3 Å². The summed E-state index contributed by atoms with van der Waals surface area (Å²) >= 11 is 0. The predicted octanol–water partition coefficient (Wildman–Crippen LogP) is -0.809. The summed E-state index contributed by atoms with van der Waals surface area (Å²) in [6.07, 6.45) is 2.29. The van der Waals surface area contributed by atoms with Gasteiger partial charge in [0.1, 0.15) is 0 Å². The molecule has 0 bridgehead atoms. The van der Waals surface area contributed by atoms with E-state index in [9.17, 15) is 13.2 Å². The molecule has 1 aliphatic rings. The quantitative estimate of drug-likeness (QED) is 0.616. The van der Waals surface area contributed by atoms with Gasteiger partial charge in [-0.2, -0.15) is 0 Å². The number of carbonyl (C=O) groups excluding carboxylic acids is 1. The van der Waals surface area contributed by atoms with Crippen molar-refractivity contribution in [1.82, 2.24) is 5.32 Å². The maximum Gasteiger partial charge on any atom is 0.221 e. The third-order valence-corrected chi connectivity index (χ3v) is 2.67. The minimum atomic E-state index is -3.50. The summed E-state index contributed by atoms with van der Waals surface area (Å²) < 4.78 is 21.0. The average molecular weight is 206 g/mol. The Hall–Kier alpha value is -0.620. The number of rotatable bonds is 5. The third kappa shape index (κ3) is 5.59. The monoisotopic (exact) mass is 206 g/mol. The molecule has 1 rings (SSSR count). The van der Waals surface area contributed by atoms with Crippen molar-refractivity contribution in [2.75, 3.05) is 12.3 Å². The molecule has 0 radical (unpaired) electrons. The van der Waals surface area contributed by atoms with Crippen LogP contribution >= 0.6 is 0 Å². The van der Waals surface area contributed by atoms with Gasteiger partial charge in [-0.15, -0.1) is 0 Å². The van der Waals surface area contributed by atoms with Crippen LogP contribution in [0.3, 0.4) is 0 Å². The van der Waals surface area contributed by atoms with Gasteiger partial charge < -0.3 is 5.32 Å². The Bertz CT molecular complexity index is 282. The SMILES string of the molecule is NS(=O)(=O)CCC(=O)NCC1CC1. The van der Waals surface area contributed by atoms with E-state index in [-0.39, 0.29) is 18.1 Å². The van der Waals surface area contributed by atoms with Crippen molar-refractivity contribution in [3.05, 3.63) is 0 Å². The highest BCUT2D eigenvalue weighted by atomic mass is 32.2. The fourth-order valence-electron chi connectivity index (χ4n) is 0.903. The first-order valence-corrected chi connectivity index (χ1v) is 5.96. The lowest BCUT2D eigenvalue weighted by Gasteiger charge is -2.02. The first-order valence-electron chi connectivity index (χ1n) is 4.24. The maximum atomic E-state index is 11.0. The van der Waals surface area contributed by atoms with Crippen molar-refractivity contribution in [1.29, 1.82) is 0 Å². The second-order valence-corrected chi connectivity index (χ2v) is 5.10. The summed E-state index contributed by atoms with van der Waals surface area (Å²) in [6, 6.07) is 0. The fraction of sp³-hybridized carbons (Fsp3) is 0.857. The molecule has 13 heavy (non-hydrogen) atoms. The first-order chi connectivity index (χ1) is 5.97. The van der Waals surface area contributed by atoms with E-state index in [0.717, 1.165) is 12.8 Å². The number of sulfonamides is 1. The van der Waals surface area contributed by atoms with Gasteiger partial charge in [0.25, 0.3) is 0 Å². The summed E-state index contributed by atoms with van der Waals surface area (Å²) in [4.78, 5) is 11.0. The van der Waals surface area contributed by atoms with Crippen LogP contribution in [0.1, 0.15) is 19.3 Å². The lowest BCUT2D eigenvalue weighted by atomic mass is 10.4. The summed E-state index contributed by atoms with van der Waals surface area (Å²) in [5, 5.41) is 7.40. The lowest BCUT2D eigenvalue weighted by molar-refractivity contribution is -0.120. The van der Waals surface area contributed by atoms with E-state index < -0.39 is 10.0 Å². The van der Waals surface area contributed by atoms with Gasteiger partial charge in [-0.3, -0.25) is 4.79 Å². The molecule has 1 amide bonds. The Morgan fingerprint density at radius 2 is 2.08 bits per heavy atom. The van der Waals surface area contributed by atoms with Crippen LogP contribution in [0.4, 0.5) is 0 Å². The average Bonchev–Trinajstić information content (AvgIpc) is 2.78. The van der Waals surface area contributed by atoms with Crippen molar-refractivity contribution >= 4 is 15.9 Å². The Morgan fingerprint density at radius 1 is 1.46 bits per heavy atom. The summed E-state index contributed by atoms with van der Waals surface area (Å²) in [5.74, 6) is 0.100. The van der Waals surface area contributed by atoms with Gasteiger partial charge in [0.05, 0.1) is 5.75 Å². The maximum absolute atomic E-state index is 11.0. The summed E-state index contributed by atoms with van der Waals surface area (Å²) in [7, 11) is -3.50. The molecule has 0 saturated heterocycles. The third-order valence-electron chi connectivity index (χ3n) is 1.90. The van der Waals surface area contributed by atoms with Crippen LogP contribution in [-0.2, 0) is 14.8 Å². The highest BCUT2D eigenvalue weighted by Crippen LogP contribution is 2.27. The van der Waals surface area contributed by atoms with Crippen LogP contribution in [0, 0.1) is 5.92 Å². The number of primary sulfonamides is 1. The van der Waals surface area contributed by atoms with Crippen LogP contribution < -0.4 is 10.5 Å². The molecule has 1 saturated carbocycles. The van der Waals surface area contributed by atoms with Crippen LogP contribution in [0.2, 0.25) is 0 Å². The van der Waals surface area contributed by atoms with Gasteiger partial charge in [-0.05, 0) is 18.8 Å². The second kappa shape index (κ2) is 4.06. The van der Waals surface area contributed by atoms with E-state index in [4.69, 9.17) is 5.14 Å². The highest BCUT2D eigenvalue weighted by molar-refractivity contribution is 7.89. The van der Waals surface area contributed by atoms with Crippen LogP contribution in [0.5, 0.6) is 0 Å². The number of nitrogens with two attached hydrogens (primary N) is 1. The van der Waals surface area contributed by atoms with Crippen LogP contribution in [0.15, 0.2) is 0 Å². The molecule has 0 atom stereocenters. The van der Waals surface area contributed by atoms with Gasteiger partial charge >= 0.3 is 0 Å². The summed E-state index contributed by atoms with van der Waals surface area (Å²) in [5.41, 5.74) is 0. The normalized spacial score (nSPS) is 17.0. The van der Waals surface area contributed by atoms with E-state index in [0.29, 0.717) is 12.5 Å². The van der Waals surface area contributed by atoms with Gasteiger partial charge in [0.2, 0.25) is 15.9 Å². The lowest BCUT2D eigenvalue weighted by Crippen LogP contribution is -2.28. The number of hydrogen-bond donors (Lipinski definition) is 2. The molecule has 0 aromatic heterocycles. The van der Waals surface area contributed by atoms with Crippen LogP contribution in [0.25, 0.3) is 0 Å². The summed E-state index contributed by atoms with van der Waals surface area (Å²) in [6.45, 7) is 0.670. The molecular formula is C7H14N2O3S. The van der Waals surface area contributed by atoms with E-state index in [1.807, 2.05) is 0 Å². The first kappa shape index (κ1) is 10.5. The zero-order valence-corrected chi connectivity index (χ0v) is 8.14. The molecular weight excluding hydrogens is 192 g/mol. The minimum absolute atomic E-state index is 0.0362. The van der Waals surface area contributed by atoms with E-state index in [1.165, 1.54) is 0 Å². The van der Waals surface area contributed by atoms with Gasteiger partial charge in [-0.1, -0.05) is 0 Å². The van der Waals surface area contributed by atoms with E-state index >= 15 is 0 Å². The van der Waals surface area contributed by atoms with Crippen molar-refractivity contribution < 1.29 is 13.2 Å². The molecule has 1 fully saturated rings. The van der Waals surface area contributed by atoms with Gasteiger partial charge in [-0.25, -0.2) is 13.6 Å². The molecule has 6 heteroatoms. The fourth-order valence-corrected chi connectivity index (χ4v) is 1.37. The zero-order chi connectivity index (χ0) is 9.90. The van der Waals surface area contributed by atoms with Crippen molar-refractivity contribution in [2.24, 2.45) is 11.1 Å². The molecule has 0 aromatic rings. The second-order valence-electron chi connectivity index (χ2n) is 3.36.